The van der Waals surface area contributed by atoms with E-state index < -0.39 is 161 Å². The summed E-state index contributed by atoms with van der Waals surface area (Å²) >= 11 is 0. The third-order valence-corrected chi connectivity index (χ3v) is 22.3. The maximum Gasteiger partial charge on any atom is 0.472 e. The van der Waals surface area contributed by atoms with Crippen molar-refractivity contribution in [1.82, 2.24) is 14.9 Å². The molecule has 1 radical (unpaired) electrons. The summed E-state index contributed by atoms with van der Waals surface area (Å²) in [6, 6.07) is 0.530. The maximum atomic E-state index is 14.4. The number of nitrogens with zero attached hydrogens (tertiary/aromatic N) is 6. The molecule has 0 saturated carbocycles. The van der Waals surface area contributed by atoms with Gasteiger partial charge in [0.25, 0.3) is 0 Å². The maximum absolute atomic E-state index is 14.4. The average molecular weight is 1330 g/mol. The number of nitrogens with two attached hydrogens (primary N) is 6. The monoisotopic (exact) mass is 1330 g/mol. The Bertz CT molecular complexity index is 3340. The predicted molar refractivity (Wildman–Crippen MR) is 333 cm³/mol. The topological polar surface area (TPSA) is 467 Å². The summed E-state index contributed by atoms with van der Waals surface area (Å²) in [6.45, 7) is 19.5. The Morgan fingerprint density at radius 1 is 0.780 bits per heavy atom. The molecule has 1 aromatic heterocycles. The van der Waals surface area contributed by atoms with Gasteiger partial charge in [-0.1, -0.05) is 41.5 Å². The molecule has 0 aliphatic carbocycles. The first-order valence-corrected chi connectivity index (χ1v) is 32.4. The zero-order chi connectivity index (χ0) is 66.7. The van der Waals surface area contributed by atoms with E-state index in [9.17, 15) is 53.2 Å². The van der Waals surface area contributed by atoms with E-state index in [1.807, 2.05) is 87.4 Å². The fraction of sp³-hybridized carbons (Fsp3) is 0.677. The van der Waals surface area contributed by atoms with Crippen LogP contribution in [-0.4, -0.2) is 133 Å². The summed E-state index contributed by atoms with van der Waals surface area (Å²) in [6.07, 6.45) is -3.98. The van der Waals surface area contributed by atoms with Crippen molar-refractivity contribution in [3.8, 4) is 0 Å². The molecule has 29 heteroatoms. The van der Waals surface area contributed by atoms with Gasteiger partial charge in [-0.2, -0.15) is 17.1 Å². The van der Waals surface area contributed by atoms with Gasteiger partial charge in [0.1, 0.15) is 18.3 Å². The number of carbonyl (C=O) groups excluding carboxylic acids is 7. The van der Waals surface area contributed by atoms with Crippen LogP contribution in [0.1, 0.15) is 150 Å². The van der Waals surface area contributed by atoms with Crippen LogP contribution < -0.4 is 39.7 Å². The van der Waals surface area contributed by atoms with E-state index in [-0.39, 0.29) is 94.0 Å². The van der Waals surface area contributed by atoms with Crippen molar-refractivity contribution in [3.63, 3.8) is 0 Å². The first-order valence-electron chi connectivity index (χ1n) is 30.9. The van der Waals surface area contributed by atoms with Crippen LogP contribution in [0.4, 0.5) is 0 Å². The van der Waals surface area contributed by atoms with E-state index in [0.717, 1.165) is 11.1 Å². The summed E-state index contributed by atoms with van der Waals surface area (Å²) in [7, 11) is -5.06. The Balaban J connectivity index is 0.0000118. The molecule has 5 saturated heterocycles. The van der Waals surface area contributed by atoms with E-state index >= 15 is 0 Å². The number of aliphatic hydroxyl groups is 2. The third-order valence-electron chi connectivity index (χ3n) is 21.2. The van der Waals surface area contributed by atoms with Crippen molar-refractivity contribution in [2.24, 2.45) is 79.7 Å². The van der Waals surface area contributed by atoms with Crippen LogP contribution in [0.3, 0.4) is 0 Å². The minimum Gasteiger partial charge on any atom is -0.685 e. The van der Waals surface area contributed by atoms with Crippen molar-refractivity contribution in [1.29, 1.82) is 0 Å². The molecule has 8 bridgehead atoms. The summed E-state index contributed by atoms with van der Waals surface area (Å²) in [5.41, 5.74) is 36.2. The SMILES string of the molecule is C/C1=C2/[N-][C@H]([C@H](CC(N)=O)[C@@]2(C)CCC(=O)NC[C@@H](C)OP(=O)(O)O[C@H]2[C@@H](O)[C@@H](n3cnc4cc(C)c(C)cc43)O[C@@H]2CO)[C@]2(C)[N-]C(/C(C)=C3\[N-]/C(=C\C4[N-]C1[C@@H](CCC(N)=O)C4(C)C)[C@@H](CCC(N)=O)[C@]3(C)CC(N)=O)[C@@H](CCC(N)=O)[C@]2(C)CC(N)=O.[Co]. The molecule has 7 amide bonds. The number of aromatic nitrogens is 2. The number of fused-ring (bicyclic) bond motifs is 10. The van der Waals surface area contributed by atoms with E-state index in [2.05, 4.69) is 10.3 Å². The molecule has 507 valence electrons. The van der Waals surface area contributed by atoms with E-state index in [4.69, 9.17) is 69.5 Å². The number of rotatable bonds is 26. The Hall–Kier alpha value is -5.78. The van der Waals surface area contributed by atoms with Crippen molar-refractivity contribution in [2.75, 3.05) is 13.2 Å². The first-order chi connectivity index (χ1) is 41.8. The smallest absolute Gasteiger partial charge is 0.472 e. The number of nitrogens with one attached hydrogen (secondary N) is 1. The second-order valence-electron chi connectivity index (χ2n) is 27.6. The van der Waals surface area contributed by atoms with Gasteiger partial charge in [0.15, 0.2) is 6.23 Å². The largest absolute Gasteiger partial charge is 0.685 e. The molecule has 16 N–H and O–H groups in total. The van der Waals surface area contributed by atoms with Gasteiger partial charge in [-0.15, -0.1) is 46.9 Å². The number of hydrogen-bond donors (Lipinski definition) is 10. The molecular formula is C62H92CoN13O14P-4. The van der Waals surface area contributed by atoms with Gasteiger partial charge in [0.05, 0.1) is 30.1 Å². The second-order valence-corrected chi connectivity index (χ2v) is 29.0. The fourth-order valence-corrected chi connectivity index (χ4v) is 17.2. The zero-order valence-electron chi connectivity index (χ0n) is 53.8. The number of carbonyl (C=O) groups is 7. The zero-order valence-corrected chi connectivity index (χ0v) is 55.7. The van der Waals surface area contributed by atoms with Crippen molar-refractivity contribution < 1.29 is 83.8 Å². The predicted octanol–water partition coefficient (Wildman–Crippen LogP) is 4.85. The molecule has 4 unspecified atom stereocenters. The summed E-state index contributed by atoms with van der Waals surface area (Å²) in [5, 5.41) is 46.9. The van der Waals surface area contributed by atoms with E-state index in [0.29, 0.717) is 39.3 Å². The summed E-state index contributed by atoms with van der Waals surface area (Å²) in [5.74, 6) is -6.91. The summed E-state index contributed by atoms with van der Waals surface area (Å²) < 4.78 is 32.3. The van der Waals surface area contributed by atoms with Crippen molar-refractivity contribution >= 4 is 60.2 Å². The Morgan fingerprint density at radius 2 is 1.37 bits per heavy atom. The van der Waals surface area contributed by atoms with Crippen LogP contribution in [0.5, 0.6) is 0 Å². The number of ether oxygens (including phenoxy) is 1. The second kappa shape index (κ2) is 27.3. The van der Waals surface area contributed by atoms with Gasteiger partial charge < -0.3 is 85.4 Å². The molecule has 2 aromatic rings. The minimum atomic E-state index is -5.06. The normalized spacial score (nSPS) is 36.4. The molecular weight excluding hydrogens is 1240 g/mol. The average Bonchev–Trinajstić information content (AvgIpc) is 1.53. The molecule has 27 nitrogen and oxygen atoms in total. The van der Waals surface area contributed by atoms with Crippen LogP contribution in [0, 0.1) is 59.2 Å². The number of allylic oxidation sites excluding steroid dienone is 3. The number of imidazole rings is 1. The fourth-order valence-electron chi connectivity index (χ4n) is 16.1. The van der Waals surface area contributed by atoms with Gasteiger partial charge in [0.2, 0.25) is 41.4 Å². The molecule has 7 heterocycles. The number of aryl methyl sites for hydroxylation is 2. The number of aliphatic hydroxyl groups excluding tert-OH is 2. The molecule has 91 heavy (non-hydrogen) atoms. The van der Waals surface area contributed by atoms with Crippen LogP contribution in [0.2, 0.25) is 0 Å². The molecule has 1 aromatic carbocycles. The Kier molecular flexibility index (Phi) is 21.8. The van der Waals surface area contributed by atoms with Gasteiger partial charge >= 0.3 is 7.82 Å². The molecule has 6 aliphatic heterocycles. The Labute approximate surface area is 541 Å². The number of hydrogen-bond acceptors (Lipinski definition) is 14. The molecule has 8 rings (SSSR count). The molecule has 5 fully saturated rings. The van der Waals surface area contributed by atoms with Gasteiger partial charge in [-0.3, -0.25) is 42.6 Å². The quantitative estimate of drug-likeness (QED) is 0.0563. The minimum absolute atomic E-state index is 0. The van der Waals surface area contributed by atoms with Crippen molar-refractivity contribution in [3.05, 3.63) is 85.2 Å². The van der Waals surface area contributed by atoms with Gasteiger partial charge in [-0.25, -0.2) is 9.55 Å². The van der Waals surface area contributed by atoms with Gasteiger partial charge in [-0.05, 0) is 129 Å². The molecule has 18 atom stereocenters. The van der Waals surface area contributed by atoms with Crippen LogP contribution in [-0.2, 0) is 68.7 Å². The number of phosphoric ester groups is 1. The van der Waals surface area contributed by atoms with E-state index in [1.165, 1.54) is 13.3 Å². The summed E-state index contributed by atoms with van der Waals surface area (Å²) in [4.78, 5) is 109. The molecule has 0 spiro atoms. The number of benzene rings is 1. The van der Waals surface area contributed by atoms with Gasteiger partial charge in [0, 0.05) is 68.3 Å². The van der Waals surface area contributed by atoms with Crippen LogP contribution in [0.25, 0.3) is 32.3 Å². The molecule has 6 aliphatic rings. The number of phosphoric acid groups is 1. The van der Waals surface area contributed by atoms with E-state index in [1.54, 1.807) is 4.57 Å². The first kappa shape index (κ1) is 72.6. The van der Waals surface area contributed by atoms with Crippen LogP contribution in [0.15, 0.2) is 52.8 Å². The van der Waals surface area contributed by atoms with Crippen molar-refractivity contribution in [2.45, 2.75) is 207 Å². The number of primary amides is 6. The number of amides is 7. The Morgan fingerprint density at radius 3 is 1.97 bits per heavy atom. The standard InChI is InChI=1S/C62H92N13O14P.Co/c1-29-20-39-40(21-30(29)2)75(28-70-39)57-52(84)53(41(27-76)87-57)89-90(85,86)88-31(3)26-69-49(83)18-19-59(8)37(22-46(66)80)56-62(11)61(10,25-48(68)82)36(14-17-45(65)79)51(74-62)33(5)55-60(9,24-47(67)81)34(12-15-43(63)77)38(71-55)23-42-58(6,7)35(13-16-44(64)78)50(72-42)32(4)54(59)73-56;/h20-21,23,28,31,34-37,41-42,50-53,56-57,76,84H,12-19,22,24-27H2,1-11H3,(H2,63,77)(H2,64,78)(H2,65,79)(H2,66,80)(H2,67,81)(H2,68,82)(H,69,83)(H,85,86);/q-4;/b38-23-,54-32-,55-33-;/t31-,34-,35-,36-,37+,41-,42?,50?,51?,52-,53-,56-,57+,59-,60+,61+,62+;/m1./s1. The third kappa shape index (κ3) is 14.1. The van der Waals surface area contributed by atoms with Crippen LogP contribution >= 0.6 is 7.82 Å².